The third-order valence-electron chi connectivity index (χ3n) is 2.89. The lowest BCUT2D eigenvalue weighted by Crippen LogP contribution is -2.25. The molecule has 0 radical (unpaired) electrons. The van der Waals surface area contributed by atoms with Gasteiger partial charge in [0.05, 0.1) is 0 Å². The minimum absolute atomic E-state index is 0.143. The van der Waals surface area contributed by atoms with Crippen LogP contribution in [0.5, 0.6) is 0 Å². The zero-order valence-electron chi connectivity index (χ0n) is 11.0. The Balaban J connectivity index is 1.88. The van der Waals surface area contributed by atoms with Crippen LogP contribution >= 0.6 is 0 Å². The average Bonchev–Trinajstić information content (AvgIpc) is 2.49. The quantitative estimate of drug-likeness (QED) is 0.789. The van der Waals surface area contributed by atoms with Gasteiger partial charge in [0.25, 0.3) is 5.91 Å². The van der Waals surface area contributed by atoms with Crippen molar-refractivity contribution in [1.82, 2.24) is 5.32 Å². The summed E-state index contributed by atoms with van der Waals surface area (Å²) in [7, 11) is 0. The Kier molecular flexibility index (Phi) is 4.89. The van der Waals surface area contributed by atoms with E-state index in [1.807, 2.05) is 30.3 Å². The number of carbonyl (C=O) groups is 2. The molecule has 4 nitrogen and oxygen atoms in total. The summed E-state index contributed by atoms with van der Waals surface area (Å²) in [6.45, 7) is 0.578. The predicted molar refractivity (Wildman–Crippen MR) is 78.6 cm³/mol. The molecule has 0 aliphatic carbocycles. The first-order chi connectivity index (χ1) is 9.79. The Morgan fingerprint density at radius 1 is 1.05 bits per heavy atom. The molecule has 102 valence electrons. The van der Waals surface area contributed by atoms with Crippen molar-refractivity contribution in [3.63, 3.8) is 0 Å². The number of anilines is 1. The Morgan fingerprint density at radius 2 is 1.85 bits per heavy atom. The molecule has 0 heterocycles. The van der Waals surface area contributed by atoms with E-state index < -0.39 is 0 Å². The molecule has 2 aromatic rings. The van der Waals surface area contributed by atoms with E-state index in [-0.39, 0.29) is 5.91 Å². The highest BCUT2D eigenvalue weighted by molar-refractivity contribution is 5.95. The fraction of sp³-hybridized carbons (Fsp3) is 0.125. The first-order valence-electron chi connectivity index (χ1n) is 6.42. The van der Waals surface area contributed by atoms with E-state index in [4.69, 9.17) is 0 Å². The highest BCUT2D eigenvalue weighted by Gasteiger charge is 2.05. The Bertz CT molecular complexity index is 582. The maximum Gasteiger partial charge on any atom is 0.251 e. The smallest absolute Gasteiger partial charge is 0.251 e. The van der Waals surface area contributed by atoms with Crippen LogP contribution in [0.4, 0.5) is 5.69 Å². The van der Waals surface area contributed by atoms with Crippen LogP contribution in [0.15, 0.2) is 54.6 Å². The van der Waals surface area contributed by atoms with E-state index in [1.165, 1.54) is 5.56 Å². The molecule has 2 N–H and O–H groups in total. The molecule has 2 rings (SSSR count). The van der Waals surface area contributed by atoms with E-state index in [1.54, 1.807) is 24.3 Å². The maximum absolute atomic E-state index is 12.0. The SMILES string of the molecule is O=CNc1cccc(C(=O)NCCc2ccccc2)c1. The topological polar surface area (TPSA) is 58.2 Å². The van der Waals surface area contributed by atoms with Crippen molar-refractivity contribution in [2.75, 3.05) is 11.9 Å². The second-order valence-electron chi connectivity index (χ2n) is 4.33. The van der Waals surface area contributed by atoms with Crippen LogP contribution in [-0.2, 0) is 11.2 Å². The molecule has 0 bridgehead atoms. The van der Waals surface area contributed by atoms with Gasteiger partial charge >= 0.3 is 0 Å². The fourth-order valence-corrected chi connectivity index (χ4v) is 1.89. The van der Waals surface area contributed by atoms with Gasteiger partial charge in [0.15, 0.2) is 0 Å². The second-order valence-corrected chi connectivity index (χ2v) is 4.33. The number of nitrogens with one attached hydrogen (secondary N) is 2. The number of benzene rings is 2. The molecule has 0 fully saturated rings. The minimum atomic E-state index is -0.143. The van der Waals surface area contributed by atoms with Crippen LogP contribution in [0.3, 0.4) is 0 Å². The molecule has 0 unspecified atom stereocenters. The van der Waals surface area contributed by atoms with Crippen LogP contribution in [0, 0.1) is 0 Å². The van der Waals surface area contributed by atoms with Gasteiger partial charge in [0, 0.05) is 17.8 Å². The van der Waals surface area contributed by atoms with E-state index in [0.29, 0.717) is 24.2 Å². The molecule has 0 atom stereocenters. The lowest BCUT2D eigenvalue weighted by Gasteiger charge is -2.06. The summed E-state index contributed by atoms with van der Waals surface area (Å²) in [4.78, 5) is 22.3. The van der Waals surface area contributed by atoms with E-state index in [9.17, 15) is 9.59 Å². The van der Waals surface area contributed by atoms with Crippen molar-refractivity contribution in [1.29, 1.82) is 0 Å². The summed E-state index contributed by atoms with van der Waals surface area (Å²) in [6.07, 6.45) is 1.38. The number of hydrogen-bond donors (Lipinski definition) is 2. The van der Waals surface area contributed by atoms with Gasteiger partial charge in [-0.25, -0.2) is 0 Å². The predicted octanol–water partition coefficient (Wildman–Crippen LogP) is 2.23. The number of hydrogen-bond acceptors (Lipinski definition) is 2. The van der Waals surface area contributed by atoms with E-state index >= 15 is 0 Å². The Hall–Kier alpha value is -2.62. The summed E-state index contributed by atoms with van der Waals surface area (Å²) >= 11 is 0. The van der Waals surface area contributed by atoms with Crippen LogP contribution in [0.25, 0.3) is 0 Å². The molecule has 0 aliphatic heterocycles. The molecule has 0 saturated heterocycles. The van der Waals surface area contributed by atoms with Gasteiger partial charge in [0.1, 0.15) is 0 Å². The van der Waals surface area contributed by atoms with Crippen molar-refractivity contribution in [3.8, 4) is 0 Å². The van der Waals surface area contributed by atoms with Crippen LogP contribution in [0.1, 0.15) is 15.9 Å². The highest BCUT2D eigenvalue weighted by Crippen LogP contribution is 2.09. The fourth-order valence-electron chi connectivity index (χ4n) is 1.89. The largest absolute Gasteiger partial charge is 0.352 e. The summed E-state index contributed by atoms with van der Waals surface area (Å²) in [5.74, 6) is -0.143. The molecular formula is C16H16N2O2. The Labute approximate surface area is 117 Å². The van der Waals surface area contributed by atoms with Crippen molar-refractivity contribution < 1.29 is 9.59 Å². The maximum atomic E-state index is 12.0. The zero-order valence-corrected chi connectivity index (χ0v) is 11.0. The third kappa shape index (κ3) is 3.95. The summed E-state index contributed by atoms with van der Waals surface area (Å²) in [5.41, 5.74) is 2.32. The summed E-state index contributed by atoms with van der Waals surface area (Å²) < 4.78 is 0. The van der Waals surface area contributed by atoms with Gasteiger partial charge in [-0.3, -0.25) is 9.59 Å². The minimum Gasteiger partial charge on any atom is -0.352 e. The van der Waals surface area contributed by atoms with Gasteiger partial charge < -0.3 is 10.6 Å². The van der Waals surface area contributed by atoms with Crippen molar-refractivity contribution in [3.05, 3.63) is 65.7 Å². The number of carbonyl (C=O) groups excluding carboxylic acids is 2. The summed E-state index contributed by atoms with van der Waals surface area (Å²) in [5, 5.41) is 5.39. The molecule has 0 spiro atoms. The molecule has 2 aromatic carbocycles. The van der Waals surface area contributed by atoms with E-state index in [2.05, 4.69) is 10.6 Å². The van der Waals surface area contributed by atoms with Gasteiger partial charge in [-0.05, 0) is 30.2 Å². The molecule has 0 saturated carbocycles. The van der Waals surface area contributed by atoms with Gasteiger partial charge in [-0.1, -0.05) is 36.4 Å². The van der Waals surface area contributed by atoms with Crippen LogP contribution in [0.2, 0.25) is 0 Å². The lowest BCUT2D eigenvalue weighted by molar-refractivity contribution is -0.105. The number of rotatable bonds is 6. The molecule has 0 aliphatic rings. The Morgan fingerprint density at radius 3 is 2.60 bits per heavy atom. The molecular weight excluding hydrogens is 252 g/mol. The van der Waals surface area contributed by atoms with E-state index in [0.717, 1.165) is 6.42 Å². The van der Waals surface area contributed by atoms with Crippen LogP contribution < -0.4 is 10.6 Å². The molecule has 4 heteroatoms. The van der Waals surface area contributed by atoms with Crippen molar-refractivity contribution in [2.24, 2.45) is 0 Å². The first kappa shape index (κ1) is 13.8. The number of amides is 2. The summed E-state index contributed by atoms with van der Waals surface area (Å²) in [6, 6.07) is 16.8. The van der Waals surface area contributed by atoms with Gasteiger partial charge in [-0.2, -0.15) is 0 Å². The average molecular weight is 268 g/mol. The van der Waals surface area contributed by atoms with Gasteiger partial charge in [0.2, 0.25) is 6.41 Å². The van der Waals surface area contributed by atoms with Crippen molar-refractivity contribution >= 4 is 18.0 Å². The van der Waals surface area contributed by atoms with Crippen LogP contribution in [-0.4, -0.2) is 18.9 Å². The third-order valence-corrected chi connectivity index (χ3v) is 2.89. The lowest BCUT2D eigenvalue weighted by atomic mass is 10.1. The highest BCUT2D eigenvalue weighted by atomic mass is 16.1. The monoisotopic (exact) mass is 268 g/mol. The molecule has 0 aromatic heterocycles. The molecule has 20 heavy (non-hydrogen) atoms. The van der Waals surface area contributed by atoms with Crippen molar-refractivity contribution in [2.45, 2.75) is 6.42 Å². The van der Waals surface area contributed by atoms with Gasteiger partial charge in [-0.15, -0.1) is 0 Å². The standard InChI is InChI=1S/C16H16N2O2/c19-12-18-15-8-4-7-14(11-15)16(20)17-10-9-13-5-2-1-3-6-13/h1-8,11-12H,9-10H2,(H,17,20)(H,18,19). The second kappa shape index (κ2) is 7.09. The first-order valence-corrected chi connectivity index (χ1v) is 6.42. The normalized spacial score (nSPS) is 9.80. The molecule has 2 amide bonds. The zero-order chi connectivity index (χ0) is 14.2.